The summed E-state index contributed by atoms with van der Waals surface area (Å²) in [7, 11) is 4.55. The van der Waals surface area contributed by atoms with Crippen LogP contribution in [0.4, 0.5) is 0 Å². The van der Waals surface area contributed by atoms with E-state index in [2.05, 4.69) is 0 Å². The lowest BCUT2D eigenvalue weighted by molar-refractivity contribution is -0.145. The fraction of sp³-hybridized carbons (Fsp3) is 0.500. The Bertz CT molecular complexity index is 660. The average molecular weight is 364 g/mol. The van der Waals surface area contributed by atoms with E-state index in [-0.39, 0.29) is 18.4 Å². The summed E-state index contributed by atoms with van der Waals surface area (Å²) in [4.78, 5) is 38.9. The summed E-state index contributed by atoms with van der Waals surface area (Å²) in [5, 5.41) is 9.02. The van der Waals surface area contributed by atoms with Crippen LogP contribution >= 0.6 is 0 Å². The van der Waals surface area contributed by atoms with Gasteiger partial charge in [-0.2, -0.15) is 0 Å². The topological polar surface area (TPSA) is 96.4 Å². The Balaban J connectivity index is 1.99. The molecule has 0 unspecified atom stereocenters. The van der Waals surface area contributed by atoms with Crippen LogP contribution in [0.2, 0.25) is 0 Å². The number of hydrogen-bond donors (Lipinski definition) is 1. The zero-order valence-electron chi connectivity index (χ0n) is 15.2. The number of nitrogens with zero attached hydrogens (tertiary/aromatic N) is 2. The lowest BCUT2D eigenvalue weighted by Crippen LogP contribution is -2.45. The lowest BCUT2D eigenvalue weighted by atomic mass is 9.97. The van der Waals surface area contributed by atoms with Crippen molar-refractivity contribution in [1.82, 2.24) is 9.80 Å². The van der Waals surface area contributed by atoms with E-state index >= 15 is 0 Å². The maximum atomic E-state index is 12.6. The van der Waals surface area contributed by atoms with Crippen molar-refractivity contribution in [3.05, 3.63) is 23.8 Å². The standard InChI is InChI=1S/C18H24N2O6/c1-19(11-16(21)20-6-4-12(5-7-20)18(23)24)17(22)13-8-14(25-2)10-15(9-13)26-3/h8-10,12H,4-7,11H2,1-3H3,(H,23,24). The van der Waals surface area contributed by atoms with Gasteiger partial charge in [-0.3, -0.25) is 14.4 Å². The lowest BCUT2D eigenvalue weighted by Gasteiger charge is -2.31. The van der Waals surface area contributed by atoms with E-state index in [4.69, 9.17) is 14.6 Å². The number of benzene rings is 1. The Morgan fingerprint density at radius 3 is 2.12 bits per heavy atom. The predicted octanol–water partition coefficient (Wildman–Crippen LogP) is 1.10. The van der Waals surface area contributed by atoms with Crippen LogP contribution in [0.3, 0.4) is 0 Å². The summed E-state index contributed by atoms with van der Waals surface area (Å²) in [6, 6.07) is 4.84. The number of amides is 2. The molecule has 142 valence electrons. The molecule has 8 nitrogen and oxygen atoms in total. The second-order valence-corrected chi connectivity index (χ2v) is 6.26. The Hall–Kier alpha value is -2.77. The fourth-order valence-electron chi connectivity index (χ4n) is 2.90. The van der Waals surface area contributed by atoms with E-state index in [0.29, 0.717) is 43.0 Å². The molecule has 0 aliphatic carbocycles. The van der Waals surface area contributed by atoms with Crippen LogP contribution in [-0.4, -0.2) is 73.6 Å². The van der Waals surface area contributed by atoms with E-state index in [1.165, 1.54) is 19.1 Å². The molecule has 1 aliphatic heterocycles. The molecule has 0 bridgehead atoms. The minimum atomic E-state index is -0.823. The smallest absolute Gasteiger partial charge is 0.306 e. The number of carbonyl (C=O) groups is 3. The number of carbonyl (C=O) groups excluding carboxylic acids is 2. The fourth-order valence-corrected chi connectivity index (χ4v) is 2.90. The molecule has 1 aromatic rings. The second-order valence-electron chi connectivity index (χ2n) is 6.26. The molecule has 2 rings (SSSR count). The first-order valence-electron chi connectivity index (χ1n) is 8.34. The first kappa shape index (κ1) is 19.6. The number of piperidine rings is 1. The van der Waals surface area contributed by atoms with Gasteiger partial charge >= 0.3 is 5.97 Å². The van der Waals surface area contributed by atoms with Gasteiger partial charge in [-0.1, -0.05) is 0 Å². The Kier molecular flexibility index (Phi) is 6.43. The molecule has 0 atom stereocenters. The average Bonchev–Trinajstić information content (AvgIpc) is 2.66. The summed E-state index contributed by atoms with van der Waals surface area (Å²) in [5.74, 6) is -0.763. The Morgan fingerprint density at radius 2 is 1.65 bits per heavy atom. The maximum absolute atomic E-state index is 12.6. The van der Waals surface area contributed by atoms with E-state index in [9.17, 15) is 14.4 Å². The zero-order valence-corrected chi connectivity index (χ0v) is 15.2. The molecule has 1 fully saturated rings. The molecule has 1 aromatic carbocycles. The molecule has 1 saturated heterocycles. The van der Waals surface area contributed by atoms with Crippen LogP contribution in [0.15, 0.2) is 18.2 Å². The van der Waals surface area contributed by atoms with Crippen molar-refractivity contribution in [2.24, 2.45) is 5.92 Å². The third kappa shape index (κ3) is 4.65. The van der Waals surface area contributed by atoms with E-state index < -0.39 is 11.9 Å². The molecule has 0 aromatic heterocycles. The van der Waals surface area contributed by atoms with Crippen LogP contribution in [-0.2, 0) is 9.59 Å². The highest BCUT2D eigenvalue weighted by molar-refractivity contribution is 5.97. The highest BCUT2D eigenvalue weighted by Gasteiger charge is 2.28. The number of carboxylic acids is 1. The largest absolute Gasteiger partial charge is 0.497 e. The minimum Gasteiger partial charge on any atom is -0.497 e. The minimum absolute atomic E-state index is 0.0733. The summed E-state index contributed by atoms with van der Waals surface area (Å²) in [5.41, 5.74) is 0.362. The van der Waals surface area contributed by atoms with Crippen molar-refractivity contribution in [2.75, 3.05) is 40.9 Å². The third-order valence-electron chi connectivity index (χ3n) is 4.51. The Morgan fingerprint density at radius 1 is 1.12 bits per heavy atom. The monoisotopic (exact) mass is 364 g/mol. The Labute approximate surface area is 152 Å². The highest BCUT2D eigenvalue weighted by atomic mass is 16.5. The second kappa shape index (κ2) is 8.55. The van der Waals surface area contributed by atoms with Gasteiger partial charge in [-0.15, -0.1) is 0 Å². The van der Waals surface area contributed by atoms with Gasteiger partial charge in [0.05, 0.1) is 26.7 Å². The van der Waals surface area contributed by atoms with Gasteiger partial charge in [0.1, 0.15) is 11.5 Å². The SMILES string of the molecule is COc1cc(OC)cc(C(=O)N(C)CC(=O)N2CCC(C(=O)O)CC2)c1. The van der Waals surface area contributed by atoms with Crippen molar-refractivity contribution in [2.45, 2.75) is 12.8 Å². The molecule has 26 heavy (non-hydrogen) atoms. The maximum Gasteiger partial charge on any atom is 0.306 e. The van der Waals surface area contributed by atoms with Crippen LogP contribution in [0, 0.1) is 5.92 Å². The van der Waals surface area contributed by atoms with Gasteiger partial charge in [0.25, 0.3) is 5.91 Å². The van der Waals surface area contributed by atoms with Gasteiger partial charge in [-0.25, -0.2) is 0 Å². The van der Waals surface area contributed by atoms with Crippen LogP contribution in [0.5, 0.6) is 11.5 Å². The molecule has 1 N–H and O–H groups in total. The van der Waals surface area contributed by atoms with E-state index in [1.54, 1.807) is 30.1 Å². The first-order chi connectivity index (χ1) is 12.3. The van der Waals surface area contributed by atoms with Gasteiger partial charge < -0.3 is 24.4 Å². The summed E-state index contributed by atoms with van der Waals surface area (Å²) >= 11 is 0. The summed E-state index contributed by atoms with van der Waals surface area (Å²) in [6.07, 6.45) is 0.873. The molecule has 1 aliphatic rings. The number of rotatable bonds is 6. The van der Waals surface area contributed by atoms with Gasteiger partial charge in [0, 0.05) is 31.8 Å². The predicted molar refractivity (Wildman–Crippen MR) is 93.4 cm³/mol. The van der Waals surface area contributed by atoms with Gasteiger partial charge in [0.2, 0.25) is 5.91 Å². The van der Waals surface area contributed by atoms with Gasteiger partial charge in [-0.05, 0) is 25.0 Å². The van der Waals surface area contributed by atoms with E-state index in [0.717, 1.165) is 0 Å². The van der Waals surface area contributed by atoms with Crippen molar-refractivity contribution in [3.8, 4) is 11.5 Å². The first-order valence-corrected chi connectivity index (χ1v) is 8.34. The zero-order chi connectivity index (χ0) is 19.3. The number of likely N-dealkylation sites (tertiary alicyclic amines) is 1. The van der Waals surface area contributed by atoms with Crippen LogP contribution in [0.1, 0.15) is 23.2 Å². The summed E-state index contributed by atoms with van der Waals surface area (Å²) in [6.45, 7) is 0.714. The molecular formula is C18H24N2O6. The third-order valence-corrected chi connectivity index (χ3v) is 4.51. The van der Waals surface area contributed by atoms with Gasteiger partial charge in [0.15, 0.2) is 0 Å². The molecule has 1 heterocycles. The van der Waals surface area contributed by atoms with Crippen molar-refractivity contribution in [1.29, 1.82) is 0 Å². The van der Waals surface area contributed by atoms with E-state index in [1.807, 2.05) is 0 Å². The molecule has 0 saturated carbocycles. The highest BCUT2D eigenvalue weighted by Crippen LogP contribution is 2.23. The molecule has 2 amide bonds. The van der Waals surface area contributed by atoms with Crippen molar-refractivity contribution >= 4 is 17.8 Å². The number of likely N-dealkylation sites (N-methyl/N-ethyl adjacent to an activating group) is 1. The van der Waals surface area contributed by atoms with Crippen molar-refractivity contribution < 1.29 is 29.0 Å². The number of hydrogen-bond acceptors (Lipinski definition) is 5. The summed E-state index contributed by atoms with van der Waals surface area (Å²) < 4.78 is 10.3. The number of ether oxygens (including phenoxy) is 2. The number of carboxylic acid groups (broad SMARTS) is 1. The normalized spacial score (nSPS) is 14.7. The van der Waals surface area contributed by atoms with Crippen LogP contribution < -0.4 is 9.47 Å². The molecular weight excluding hydrogens is 340 g/mol. The quantitative estimate of drug-likeness (QED) is 0.812. The number of aliphatic carboxylic acids is 1. The molecule has 0 spiro atoms. The molecule has 8 heteroatoms. The van der Waals surface area contributed by atoms with Crippen molar-refractivity contribution in [3.63, 3.8) is 0 Å². The molecule has 0 radical (unpaired) electrons. The van der Waals surface area contributed by atoms with Crippen LogP contribution in [0.25, 0.3) is 0 Å². The number of methoxy groups -OCH3 is 2.